The quantitative estimate of drug-likeness (QED) is 0.497. The third kappa shape index (κ3) is 4.66. The summed E-state index contributed by atoms with van der Waals surface area (Å²) in [5, 5.41) is 2.86. The number of carbonyl (C=O) groups is 1. The first-order chi connectivity index (χ1) is 14.4. The second kappa shape index (κ2) is 8.00. The molecule has 0 spiro atoms. The van der Waals surface area contributed by atoms with E-state index in [4.69, 9.17) is 0 Å². The lowest BCUT2D eigenvalue weighted by molar-refractivity contribution is 0.102. The second-order valence-electron chi connectivity index (χ2n) is 6.97. The van der Waals surface area contributed by atoms with Crippen LogP contribution in [0.4, 0.5) is 11.4 Å². The van der Waals surface area contributed by atoms with Gasteiger partial charge in [-0.15, -0.1) is 0 Å². The van der Waals surface area contributed by atoms with Crippen LogP contribution in [-0.2, 0) is 16.6 Å². The molecule has 0 aliphatic rings. The van der Waals surface area contributed by atoms with Crippen molar-refractivity contribution in [3.05, 3.63) is 90.3 Å². The Morgan fingerprint density at radius 2 is 1.73 bits per heavy atom. The Bertz CT molecular complexity index is 1330. The minimum absolute atomic E-state index is 0.322. The van der Waals surface area contributed by atoms with Crippen LogP contribution >= 0.6 is 0 Å². The minimum Gasteiger partial charge on any atom is -0.326 e. The van der Waals surface area contributed by atoms with Crippen LogP contribution in [0, 0.1) is 0 Å². The number of sulfonamides is 1. The summed E-state index contributed by atoms with van der Waals surface area (Å²) in [7, 11) is -3.41. The molecule has 4 rings (SSSR count). The SMILES string of the molecule is CS(=O)(=O)Nc1cccc(C(=O)Nc2cccc(Cn3cnc4ccccc43)c2)c1. The van der Waals surface area contributed by atoms with Crippen LogP contribution in [0.15, 0.2) is 79.1 Å². The largest absolute Gasteiger partial charge is 0.326 e. The molecule has 4 aromatic rings. The van der Waals surface area contributed by atoms with Crippen LogP contribution in [0.25, 0.3) is 11.0 Å². The Morgan fingerprint density at radius 3 is 2.57 bits per heavy atom. The van der Waals surface area contributed by atoms with Crippen molar-refractivity contribution in [3.63, 3.8) is 0 Å². The molecule has 152 valence electrons. The number of imidazole rings is 1. The number of nitrogens with one attached hydrogen (secondary N) is 2. The van der Waals surface area contributed by atoms with Crippen LogP contribution in [0.5, 0.6) is 0 Å². The number of fused-ring (bicyclic) bond motifs is 1. The Morgan fingerprint density at radius 1 is 0.967 bits per heavy atom. The van der Waals surface area contributed by atoms with Gasteiger partial charge in [-0.3, -0.25) is 9.52 Å². The Labute approximate surface area is 174 Å². The number of carbonyl (C=O) groups excluding carboxylic acids is 1. The third-order valence-corrected chi connectivity index (χ3v) is 5.10. The summed E-state index contributed by atoms with van der Waals surface area (Å²) in [5.41, 5.74) is 4.35. The van der Waals surface area contributed by atoms with Gasteiger partial charge >= 0.3 is 0 Å². The number of aromatic nitrogens is 2. The molecule has 0 atom stereocenters. The molecule has 0 fully saturated rings. The summed E-state index contributed by atoms with van der Waals surface area (Å²) in [6.45, 7) is 0.623. The van der Waals surface area contributed by atoms with Crippen LogP contribution in [0.1, 0.15) is 15.9 Å². The van der Waals surface area contributed by atoms with E-state index in [0.29, 0.717) is 23.5 Å². The highest BCUT2D eigenvalue weighted by atomic mass is 32.2. The molecular formula is C22H20N4O3S. The van der Waals surface area contributed by atoms with E-state index in [1.165, 1.54) is 6.07 Å². The number of nitrogens with zero attached hydrogens (tertiary/aromatic N) is 2. The molecule has 1 heterocycles. The van der Waals surface area contributed by atoms with Crippen LogP contribution < -0.4 is 10.0 Å². The molecule has 0 aliphatic carbocycles. The fraction of sp³-hybridized carbons (Fsp3) is 0.0909. The molecule has 0 bridgehead atoms. The number of hydrogen-bond donors (Lipinski definition) is 2. The Hall–Kier alpha value is -3.65. The monoisotopic (exact) mass is 420 g/mol. The van der Waals surface area contributed by atoms with Crippen molar-refractivity contribution >= 4 is 38.3 Å². The summed E-state index contributed by atoms with van der Waals surface area (Å²) in [6.07, 6.45) is 2.87. The molecule has 7 nitrogen and oxygen atoms in total. The lowest BCUT2D eigenvalue weighted by atomic mass is 10.1. The molecule has 1 aromatic heterocycles. The summed E-state index contributed by atoms with van der Waals surface area (Å²) in [4.78, 5) is 17.0. The molecule has 3 aromatic carbocycles. The van der Waals surface area contributed by atoms with Crippen molar-refractivity contribution in [1.82, 2.24) is 9.55 Å². The van der Waals surface area contributed by atoms with E-state index in [2.05, 4.69) is 19.6 Å². The number of para-hydroxylation sites is 2. The first-order valence-corrected chi connectivity index (χ1v) is 11.1. The highest BCUT2D eigenvalue weighted by Crippen LogP contribution is 2.18. The molecule has 2 N–H and O–H groups in total. The van der Waals surface area contributed by atoms with Crippen molar-refractivity contribution in [2.45, 2.75) is 6.54 Å². The van der Waals surface area contributed by atoms with Crippen molar-refractivity contribution in [3.8, 4) is 0 Å². The summed E-state index contributed by atoms with van der Waals surface area (Å²) in [6, 6.07) is 21.9. The Kier molecular flexibility index (Phi) is 5.24. The molecule has 0 unspecified atom stereocenters. The fourth-order valence-corrected chi connectivity index (χ4v) is 3.78. The van der Waals surface area contributed by atoms with E-state index < -0.39 is 10.0 Å². The number of anilines is 2. The lowest BCUT2D eigenvalue weighted by Crippen LogP contribution is -2.14. The average molecular weight is 420 g/mol. The van der Waals surface area contributed by atoms with Gasteiger partial charge in [0.2, 0.25) is 10.0 Å². The van der Waals surface area contributed by atoms with Gasteiger partial charge < -0.3 is 9.88 Å². The van der Waals surface area contributed by atoms with Gasteiger partial charge in [-0.05, 0) is 48.0 Å². The van der Waals surface area contributed by atoms with Gasteiger partial charge in [0.15, 0.2) is 0 Å². The van der Waals surface area contributed by atoms with Gasteiger partial charge in [0, 0.05) is 23.5 Å². The van der Waals surface area contributed by atoms with Gasteiger partial charge in [0.05, 0.1) is 23.6 Å². The van der Waals surface area contributed by atoms with Crippen LogP contribution in [-0.4, -0.2) is 30.1 Å². The van der Waals surface area contributed by atoms with E-state index in [1.807, 2.05) is 48.5 Å². The molecule has 0 aliphatic heterocycles. The summed E-state index contributed by atoms with van der Waals surface area (Å²) in [5.74, 6) is -0.322. The maximum absolute atomic E-state index is 12.6. The van der Waals surface area contributed by atoms with Crippen LogP contribution in [0.2, 0.25) is 0 Å². The first-order valence-electron chi connectivity index (χ1n) is 9.25. The van der Waals surface area contributed by atoms with Crippen molar-refractivity contribution in [2.24, 2.45) is 0 Å². The summed E-state index contributed by atoms with van der Waals surface area (Å²) >= 11 is 0. The van der Waals surface area contributed by atoms with E-state index in [0.717, 1.165) is 22.9 Å². The standard InChI is InChI=1S/C22H20N4O3S/c1-30(28,29)25-19-9-5-7-17(13-19)22(27)24-18-8-4-6-16(12-18)14-26-15-23-20-10-2-3-11-21(20)26/h2-13,15,25H,14H2,1H3,(H,24,27). The Balaban J connectivity index is 1.50. The topological polar surface area (TPSA) is 93.1 Å². The molecule has 0 saturated carbocycles. The lowest BCUT2D eigenvalue weighted by Gasteiger charge is -2.10. The summed E-state index contributed by atoms with van der Waals surface area (Å²) < 4.78 is 27.2. The third-order valence-electron chi connectivity index (χ3n) is 4.49. The zero-order chi connectivity index (χ0) is 21.1. The molecule has 0 radical (unpaired) electrons. The predicted molar refractivity (Wildman–Crippen MR) is 118 cm³/mol. The second-order valence-corrected chi connectivity index (χ2v) is 8.72. The maximum atomic E-state index is 12.6. The van der Waals surface area contributed by atoms with Gasteiger partial charge in [-0.2, -0.15) is 0 Å². The number of hydrogen-bond acceptors (Lipinski definition) is 4. The number of rotatable bonds is 6. The maximum Gasteiger partial charge on any atom is 0.255 e. The van der Waals surface area contributed by atoms with Gasteiger partial charge in [-0.1, -0.05) is 30.3 Å². The van der Waals surface area contributed by atoms with E-state index in [1.54, 1.807) is 24.5 Å². The normalized spacial score (nSPS) is 11.4. The highest BCUT2D eigenvalue weighted by Gasteiger charge is 2.10. The highest BCUT2D eigenvalue weighted by molar-refractivity contribution is 7.92. The van der Waals surface area contributed by atoms with Gasteiger partial charge in [0.1, 0.15) is 0 Å². The van der Waals surface area contributed by atoms with Gasteiger partial charge in [-0.25, -0.2) is 13.4 Å². The number of benzene rings is 3. The zero-order valence-corrected chi connectivity index (χ0v) is 17.1. The molecule has 30 heavy (non-hydrogen) atoms. The molecule has 8 heteroatoms. The predicted octanol–water partition coefficient (Wildman–Crippen LogP) is 3.71. The van der Waals surface area contributed by atoms with Crippen LogP contribution in [0.3, 0.4) is 0 Å². The van der Waals surface area contributed by atoms with E-state index in [9.17, 15) is 13.2 Å². The molecule has 0 saturated heterocycles. The smallest absolute Gasteiger partial charge is 0.255 e. The molecular weight excluding hydrogens is 400 g/mol. The molecule has 1 amide bonds. The fourth-order valence-electron chi connectivity index (χ4n) is 3.22. The van der Waals surface area contributed by atoms with E-state index in [-0.39, 0.29) is 5.91 Å². The average Bonchev–Trinajstić information content (AvgIpc) is 3.10. The van der Waals surface area contributed by atoms with Crippen molar-refractivity contribution in [2.75, 3.05) is 16.3 Å². The van der Waals surface area contributed by atoms with Crippen molar-refractivity contribution < 1.29 is 13.2 Å². The van der Waals surface area contributed by atoms with Crippen molar-refractivity contribution in [1.29, 1.82) is 0 Å². The zero-order valence-electron chi connectivity index (χ0n) is 16.2. The minimum atomic E-state index is -3.41. The van der Waals surface area contributed by atoms with Gasteiger partial charge in [0.25, 0.3) is 5.91 Å². The van der Waals surface area contributed by atoms with E-state index >= 15 is 0 Å². The first kappa shape index (κ1) is 19.7. The number of amides is 1.